The Morgan fingerprint density at radius 1 is 1.10 bits per heavy atom. The van der Waals surface area contributed by atoms with Gasteiger partial charge in [0.25, 0.3) is 5.91 Å². The van der Waals surface area contributed by atoms with Gasteiger partial charge in [-0.25, -0.2) is 0 Å². The standard InChI is InChI=1S/C22H34ClN3O3/c1-15(2)13-19(26-9-11-29-12-10-26)14-24-22(28)20(16(3)4)25-21(27)17-5-7-18(23)8-6-17/h5-8,15-16,19-20H,9-14H2,1-4H3,(H,24,28)(H,25,27). The van der Waals surface area contributed by atoms with Crippen LogP contribution in [0, 0.1) is 11.8 Å². The van der Waals surface area contributed by atoms with E-state index in [2.05, 4.69) is 29.4 Å². The van der Waals surface area contributed by atoms with E-state index in [4.69, 9.17) is 16.3 Å². The number of ether oxygens (including phenoxy) is 1. The molecule has 2 atom stereocenters. The minimum Gasteiger partial charge on any atom is -0.379 e. The van der Waals surface area contributed by atoms with E-state index >= 15 is 0 Å². The van der Waals surface area contributed by atoms with Crippen molar-refractivity contribution in [2.75, 3.05) is 32.8 Å². The highest BCUT2D eigenvalue weighted by Gasteiger charge is 2.27. The molecule has 0 saturated carbocycles. The first kappa shape index (κ1) is 23.6. The Labute approximate surface area is 179 Å². The number of carbonyl (C=O) groups is 2. The Balaban J connectivity index is 1.97. The zero-order valence-corrected chi connectivity index (χ0v) is 18.7. The highest BCUT2D eigenvalue weighted by atomic mass is 35.5. The first-order valence-corrected chi connectivity index (χ1v) is 10.8. The fourth-order valence-electron chi connectivity index (χ4n) is 3.54. The number of morpholine rings is 1. The van der Waals surface area contributed by atoms with Gasteiger partial charge in [0.15, 0.2) is 0 Å². The Hall–Kier alpha value is -1.63. The van der Waals surface area contributed by atoms with Crippen molar-refractivity contribution in [3.63, 3.8) is 0 Å². The van der Waals surface area contributed by atoms with Crippen molar-refractivity contribution in [3.05, 3.63) is 34.9 Å². The van der Waals surface area contributed by atoms with E-state index in [0.29, 0.717) is 23.0 Å². The lowest BCUT2D eigenvalue weighted by molar-refractivity contribution is -0.124. The lowest BCUT2D eigenvalue weighted by atomic mass is 10.00. The minimum atomic E-state index is -0.595. The lowest BCUT2D eigenvalue weighted by Gasteiger charge is -2.36. The van der Waals surface area contributed by atoms with Gasteiger partial charge in [0.2, 0.25) is 5.91 Å². The lowest BCUT2D eigenvalue weighted by Crippen LogP contribution is -2.54. The maximum absolute atomic E-state index is 12.9. The number of benzene rings is 1. The van der Waals surface area contributed by atoms with Crippen LogP contribution < -0.4 is 10.6 Å². The summed E-state index contributed by atoms with van der Waals surface area (Å²) in [6.45, 7) is 12.0. The summed E-state index contributed by atoms with van der Waals surface area (Å²) in [4.78, 5) is 27.8. The first-order chi connectivity index (χ1) is 13.8. The summed E-state index contributed by atoms with van der Waals surface area (Å²) in [5, 5.41) is 6.51. The van der Waals surface area contributed by atoms with Gasteiger partial charge in [-0.15, -0.1) is 0 Å². The van der Waals surface area contributed by atoms with Crippen LogP contribution in [0.4, 0.5) is 0 Å². The van der Waals surface area contributed by atoms with Crippen molar-refractivity contribution in [1.82, 2.24) is 15.5 Å². The highest BCUT2D eigenvalue weighted by molar-refractivity contribution is 6.30. The number of hydrogen-bond donors (Lipinski definition) is 2. The monoisotopic (exact) mass is 423 g/mol. The molecule has 29 heavy (non-hydrogen) atoms. The first-order valence-electron chi connectivity index (χ1n) is 10.4. The molecular weight excluding hydrogens is 390 g/mol. The quantitative estimate of drug-likeness (QED) is 0.640. The molecule has 1 aromatic rings. The van der Waals surface area contributed by atoms with Gasteiger partial charge in [0.1, 0.15) is 6.04 Å². The number of amides is 2. The predicted molar refractivity (Wildman–Crippen MR) is 116 cm³/mol. The molecule has 1 aliphatic heterocycles. The smallest absolute Gasteiger partial charge is 0.251 e. The molecule has 1 saturated heterocycles. The fourth-order valence-corrected chi connectivity index (χ4v) is 3.66. The maximum Gasteiger partial charge on any atom is 0.251 e. The molecule has 2 rings (SSSR count). The van der Waals surface area contributed by atoms with E-state index in [9.17, 15) is 9.59 Å². The van der Waals surface area contributed by atoms with E-state index in [-0.39, 0.29) is 23.8 Å². The Morgan fingerprint density at radius 2 is 1.72 bits per heavy atom. The molecule has 0 aromatic heterocycles. The third-order valence-corrected chi connectivity index (χ3v) is 5.41. The van der Waals surface area contributed by atoms with Gasteiger partial charge in [-0.3, -0.25) is 14.5 Å². The van der Waals surface area contributed by atoms with Crippen LogP contribution in [0.25, 0.3) is 0 Å². The summed E-state index contributed by atoms with van der Waals surface area (Å²) in [5.41, 5.74) is 0.485. The van der Waals surface area contributed by atoms with Crippen LogP contribution in [0.2, 0.25) is 5.02 Å². The number of halogens is 1. The molecule has 0 radical (unpaired) electrons. The number of nitrogens with one attached hydrogen (secondary N) is 2. The molecule has 1 aromatic carbocycles. The van der Waals surface area contributed by atoms with Gasteiger partial charge in [0.05, 0.1) is 13.2 Å². The molecule has 1 aliphatic rings. The van der Waals surface area contributed by atoms with Gasteiger partial charge in [-0.05, 0) is 42.5 Å². The Bertz CT molecular complexity index is 658. The van der Waals surface area contributed by atoms with Crippen LogP contribution in [-0.4, -0.2) is 61.6 Å². The average molecular weight is 424 g/mol. The van der Waals surface area contributed by atoms with Crippen molar-refractivity contribution in [2.24, 2.45) is 11.8 Å². The largest absolute Gasteiger partial charge is 0.379 e. The molecule has 0 bridgehead atoms. The molecule has 1 fully saturated rings. The summed E-state index contributed by atoms with van der Waals surface area (Å²) in [6, 6.07) is 6.32. The second kappa shape index (κ2) is 11.5. The van der Waals surface area contributed by atoms with Gasteiger partial charge in [-0.2, -0.15) is 0 Å². The average Bonchev–Trinajstić information content (AvgIpc) is 2.69. The summed E-state index contributed by atoms with van der Waals surface area (Å²) in [5.74, 6) is 0.0789. The Kier molecular flexibility index (Phi) is 9.40. The van der Waals surface area contributed by atoms with Gasteiger partial charge >= 0.3 is 0 Å². The molecule has 0 spiro atoms. The van der Waals surface area contributed by atoms with Gasteiger partial charge in [-0.1, -0.05) is 39.3 Å². The molecule has 6 nitrogen and oxygen atoms in total. The fraction of sp³-hybridized carbons (Fsp3) is 0.636. The summed E-state index contributed by atoms with van der Waals surface area (Å²) in [7, 11) is 0. The number of carbonyl (C=O) groups excluding carboxylic acids is 2. The third kappa shape index (κ3) is 7.61. The van der Waals surface area contributed by atoms with Crippen molar-refractivity contribution in [3.8, 4) is 0 Å². The van der Waals surface area contributed by atoms with E-state index in [1.807, 2.05) is 13.8 Å². The van der Waals surface area contributed by atoms with Crippen LogP contribution in [0.5, 0.6) is 0 Å². The van der Waals surface area contributed by atoms with Crippen molar-refractivity contribution in [1.29, 1.82) is 0 Å². The second-order valence-electron chi connectivity index (χ2n) is 8.38. The molecule has 2 amide bonds. The maximum atomic E-state index is 12.9. The highest BCUT2D eigenvalue weighted by Crippen LogP contribution is 2.14. The SMILES string of the molecule is CC(C)CC(CNC(=O)C(NC(=O)c1ccc(Cl)cc1)C(C)C)N1CCOCC1. The van der Waals surface area contributed by atoms with Crippen molar-refractivity contribution >= 4 is 23.4 Å². The predicted octanol–water partition coefficient (Wildman–Crippen LogP) is 2.96. The third-order valence-electron chi connectivity index (χ3n) is 5.16. The topological polar surface area (TPSA) is 70.7 Å². The summed E-state index contributed by atoms with van der Waals surface area (Å²) < 4.78 is 5.46. The van der Waals surface area contributed by atoms with Crippen LogP contribution in [0.15, 0.2) is 24.3 Å². The van der Waals surface area contributed by atoms with E-state index in [1.165, 1.54) is 0 Å². The molecule has 0 aliphatic carbocycles. The molecule has 7 heteroatoms. The van der Waals surface area contributed by atoms with Crippen LogP contribution in [0.3, 0.4) is 0 Å². The Morgan fingerprint density at radius 3 is 2.28 bits per heavy atom. The molecular formula is C22H34ClN3O3. The number of nitrogens with zero attached hydrogens (tertiary/aromatic N) is 1. The molecule has 2 unspecified atom stereocenters. The number of rotatable bonds is 9. The second-order valence-corrected chi connectivity index (χ2v) is 8.82. The van der Waals surface area contributed by atoms with Gasteiger partial charge < -0.3 is 15.4 Å². The summed E-state index contributed by atoms with van der Waals surface area (Å²) >= 11 is 5.89. The molecule has 1 heterocycles. The van der Waals surface area contributed by atoms with E-state index < -0.39 is 6.04 Å². The zero-order valence-electron chi connectivity index (χ0n) is 17.9. The van der Waals surface area contributed by atoms with Crippen LogP contribution >= 0.6 is 11.6 Å². The number of hydrogen-bond acceptors (Lipinski definition) is 4. The molecule has 2 N–H and O–H groups in total. The minimum absolute atomic E-state index is 0.0295. The normalized spacial score (nSPS) is 17.2. The van der Waals surface area contributed by atoms with E-state index in [1.54, 1.807) is 24.3 Å². The summed E-state index contributed by atoms with van der Waals surface area (Å²) in [6.07, 6.45) is 1.00. The van der Waals surface area contributed by atoms with Crippen molar-refractivity contribution < 1.29 is 14.3 Å². The van der Waals surface area contributed by atoms with Crippen molar-refractivity contribution in [2.45, 2.75) is 46.2 Å². The molecule has 162 valence electrons. The van der Waals surface area contributed by atoms with E-state index in [0.717, 1.165) is 32.7 Å². The van der Waals surface area contributed by atoms with Gasteiger partial charge in [0, 0.05) is 36.3 Å². The zero-order chi connectivity index (χ0) is 21.4. The van der Waals surface area contributed by atoms with Crippen LogP contribution in [-0.2, 0) is 9.53 Å². The van der Waals surface area contributed by atoms with Crippen LogP contribution in [0.1, 0.15) is 44.5 Å².